The van der Waals surface area contributed by atoms with Gasteiger partial charge in [-0.2, -0.15) is 4.99 Å². The van der Waals surface area contributed by atoms with Crippen LogP contribution >= 0.6 is 11.8 Å². The van der Waals surface area contributed by atoms with Crippen LogP contribution in [-0.2, 0) is 9.59 Å². The van der Waals surface area contributed by atoms with Gasteiger partial charge in [-0.15, -0.1) is 11.8 Å². The van der Waals surface area contributed by atoms with Crippen molar-refractivity contribution < 1.29 is 14.4 Å². The van der Waals surface area contributed by atoms with Gasteiger partial charge in [-0.25, -0.2) is 4.79 Å². The first-order valence-corrected chi connectivity index (χ1v) is 11.2. The molecule has 0 N–H and O–H groups in total. The molecule has 0 aromatic heterocycles. The van der Waals surface area contributed by atoms with E-state index >= 15 is 0 Å². The molecule has 8 heteroatoms. The highest BCUT2D eigenvalue weighted by Crippen LogP contribution is 2.28. The van der Waals surface area contributed by atoms with Crippen molar-refractivity contribution in [3.8, 4) is 0 Å². The molecule has 1 aromatic carbocycles. The number of nitrogens with zero attached hydrogens (tertiary/aromatic N) is 4. The average Bonchev–Trinajstić information content (AvgIpc) is 3.21. The van der Waals surface area contributed by atoms with Crippen LogP contribution in [0, 0.1) is 13.8 Å². The number of fused-ring (bicyclic) bond motifs is 1. The summed E-state index contributed by atoms with van der Waals surface area (Å²) < 4.78 is 0. The van der Waals surface area contributed by atoms with Crippen molar-refractivity contribution >= 4 is 41.0 Å². The standard InChI is InChI=1S/C22H26N4O3S/c1-15-5-6-16(2)18(14-15)24-9-11-25(12-10-24)19(27)4-3-8-26-21(28)20-17(7-13-30-20)23-22(26)29/h5-7,13-14,20H,3-4,8-12H2,1-2H3. The van der Waals surface area contributed by atoms with Crippen molar-refractivity contribution in [3.05, 3.63) is 40.8 Å². The molecule has 3 aliphatic rings. The molecular formula is C22H26N4O3S. The van der Waals surface area contributed by atoms with Gasteiger partial charge in [0.2, 0.25) is 11.8 Å². The van der Waals surface area contributed by atoms with Gasteiger partial charge in [0.05, 0.1) is 5.71 Å². The molecule has 0 bridgehead atoms. The summed E-state index contributed by atoms with van der Waals surface area (Å²) in [7, 11) is 0. The van der Waals surface area contributed by atoms with Gasteiger partial charge in [0, 0.05) is 44.8 Å². The number of hydrogen-bond donors (Lipinski definition) is 0. The third kappa shape index (κ3) is 4.14. The Morgan fingerprint density at radius 2 is 1.93 bits per heavy atom. The van der Waals surface area contributed by atoms with E-state index in [2.05, 4.69) is 41.9 Å². The summed E-state index contributed by atoms with van der Waals surface area (Å²) in [5, 5.41) is 1.39. The van der Waals surface area contributed by atoms with Crippen LogP contribution < -0.4 is 4.90 Å². The van der Waals surface area contributed by atoms with Gasteiger partial charge in [-0.05, 0) is 48.9 Å². The van der Waals surface area contributed by atoms with E-state index in [4.69, 9.17) is 0 Å². The lowest BCUT2D eigenvalue weighted by Gasteiger charge is -2.37. The number of carbonyl (C=O) groups is 3. The van der Waals surface area contributed by atoms with Gasteiger partial charge in [0.15, 0.2) is 0 Å². The van der Waals surface area contributed by atoms with Gasteiger partial charge < -0.3 is 9.80 Å². The first-order valence-electron chi connectivity index (χ1n) is 10.3. The number of rotatable bonds is 5. The Kier molecular flexibility index (Phi) is 5.94. The number of anilines is 1. The summed E-state index contributed by atoms with van der Waals surface area (Å²) in [5.74, 6) is -0.150. The summed E-state index contributed by atoms with van der Waals surface area (Å²) in [4.78, 5) is 46.6. The van der Waals surface area contributed by atoms with Crippen LogP contribution in [0.3, 0.4) is 0 Å². The second-order valence-electron chi connectivity index (χ2n) is 7.89. The van der Waals surface area contributed by atoms with Gasteiger partial charge in [0.1, 0.15) is 5.25 Å². The lowest BCUT2D eigenvalue weighted by atomic mass is 10.1. The van der Waals surface area contributed by atoms with Crippen molar-refractivity contribution in [2.45, 2.75) is 31.9 Å². The Morgan fingerprint density at radius 3 is 2.70 bits per heavy atom. The van der Waals surface area contributed by atoms with Crippen molar-refractivity contribution in [2.24, 2.45) is 4.99 Å². The zero-order valence-corrected chi connectivity index (χ0v) is 18.2. The second kappa shape index (κ2) is 8.63. The van der Waals surface area contributed by atoms with E-state index in [1.165, 1.54) is 33.5 Å². The van der Waals surface area contributed by atoms with Crippen LogP contribution in [0.15, 0.2) is 34.7 Å². The largest absolute Gasteiger partial charge is 0.368 e. The Balaban J connectivity index is 1.25. The molecular weight excluding hydrogens is 400 g/mol. The summed E-state index contributed by atoms with van der Waals surface area (Å²) in [6.45, 7) is 7.43. The highest BCUT2D eigenvalue weighted by molar-refractivity contribution is 8.04. The molecule has 30 heavy (non-hydrogen) atoms. The number of allylic oxidation sites excluding steroid dienone is 1. The molecule has 3 heterocycles. The van der Waals surface area contributed by atoms with Crippen molar-refractivity contribution in [1.29, 1.82) is 0 Å². The first-order chi connectivity index (χ1) is 14.4. The lowest BCUT2D eigenvalue weighted by molar-refractivity contribution is -0.132. The Morgan fingerprint density at radius 1 is 1.17 bits per heavy atom. The number of aliphatic imine (C=N–C) groups is 1. The zero-order valence-electron chi connectivity index (χ0n) is 17.3. The molecule has 4 rings (SSSR count). The third-order valence-corrected chi connectivity index (χ3v) is 6.79. The fourth-order valence-electron chi connectivity index (χ4n) is 4.04. The number of urea groups is 1. The molecule has 0 spiro atoms. The normalized spacial score (nSPS) is 21.2. The Labute approximate surface area is 180 Å². The van der Waals surface area contributed by atoms with Gasteiger partial charge in [-0.1, -0.05) is 12.1 Å². The maximum absolute atomic E-state index is 12.6. The number of aryl methyl sites for hydroxylation is 2. The Hall–Kier alpha value is -2.61. The lowest BCUT2D eigenvalue weighted by Crippen LogP contribution is -2.49. The molecule has 0 radical (unpaired) electrons. The molecule has 1 saturated heterocycles. The van der Waals surface area contributed by atoms with E-state index in [-0.39, 0.29) is 18.4 Å². The third-order valence-electron chi connectivity index (χ3n) is 5.78. The van der Waals surface area contributed by atoms with Crippen LogP contribution in [0.25, 0.3) is 0 Å². The van der Waals surface area contributed by atoms with E-state index in [1.807, 2.05) is 4.90 Å². The van der Waals surface area contributed by atoms with Gasteiger partial charge in [0.25, 0.3) is 0 Å². The van der Waals surface area contributed by atoms with Crippen molar-refractivity contribution in [2.75, 3.05) is 37.6 Å². The first kappa shape index (κ1) is 20.7. The molecule has 0 aliphatic carbocycles. The second-order valence-corrected chi connectivity index (χ2v) is 8.91. The minimum atomic E-state index is -0.520. The van der Waals surface area contributed by atoms with Crippen molar-refractivity contribution in [1.82, 2.24) is 9.80 Å². The van der Waals surface area contributed by atoms with Gasteiger partial charge >= 0.3 is 6.03 Å². The van der Waals surface area contributed by atoms with E-state index in [9.17, 15) is 14.4 Å². The molecule has 158 valence electrons. The summed E-state index contributed by atoms with van der Waals surface area (Å²) in [6.07, 6.45) is 2.50. The average molecular weight is 427 g/mol. The molecule has 1 atom stereocenters. The smallest absolute Gasteiger partial charge is 0.350 e. The number of amides is 4. The zero-order chi connectivity index (χ0) is 21.3. The molecule has 1 aromatic rings. The highest BCUT2D eigenvalue weighted by atomic mass is 32.2. The molecule has 0 saturated carbocycles. The fourth-order valence-corrected chi connectivity index (χ4v) is 4.93. The Bertz CT molecular complexity index is 934. The van der Waals surface area contributed by atoms with E-state index in [1.54, 1.807) is 11.5 Å². The molecule has 1 unspecified atom stereocenters. The maximum atomic E-state index is 12.6. The number of carbonyl (C=O) groups excluding carboxylic acids is 3. The van der Waals surface area contributed by atoms with E-state index in [0.29, 0.717) is 31.6 Å². The van der Waals surface area contributed by atoms with Crippen LogP contribution in [0.2, 0.25) is 0 Å². The molecule has 1 fully saturated rings. The van der Waals surface area contributed by atoms with Crippen LogP contribution in [0.1, 0.15) is 24.0 Å². The minimum Gasteiger partial charge on any atom is -0.368 e. The minimum absolute atomic E-state index is 0.0774. The summed E-state index contributed by atoms with van der Waals surface area (Å²) in [5.41, 5.74) is 4.25. The number of thioether (sulfide) groups is 1. The molecule has 4 amide bonds. The highest BCUT2D eigenvalue weighted by Gasteiger charge is 2.38. The van der Waals surface area contributed by atoms with Crippen LogP contribution in [0.5, 0.6) is 0 Å². The summed E-state index contributed by atoms with van der Waals surface area (Å²) >= 11 is 1.37. The number of piperazine rings is 1. The molecule has 7 nitrogen and oxygen atoms in total. The summed E-state index contributed by atoms with van der Waals surface area (Å²) in [6, 6.07) is 5.93. The quantitative estimate of drug-likeness (QED) is 0.724. The topological polar surface area (TPSA) is 73.3 Å². The number of hydrogen-bond acceptors (Lipinski definition) is 5. The predicted molar refractivity (Wildman–Crippen MR) is 119 cm³/mol. The van der Waals surface area contributed by atoms with Crippen LogP contribution in [0.4, 0.5) is 10.5 Å². The van der Waals surface area contributed by atoms with Crippen LogP contribution in [-0.4, -0.2) is 71.3 Å². The monoisotopic (exact) mass is 426 g/mol. The number of imide groups is 1. The van der Waals surface area contributed by atoms with Gasteiger partial charge in [-0.3, -0.25) is 14.5 Å². The van der Waals surface area contributed by atoms with E-state index < -0.39 is 11.3 Å². The predicted octanol–water partition coefficient (Wildman–Crippen LogP) is 2.76. The van der Waals surface area contributed by atoms with E-state index in [0.717, 1.165) is 13.1 Å². The van der Waals surface area contributed by atoms with Crippen molar-refractivity contribution in [3.63, 3.8) is 0 Å². The fraction of sp³-hybridized carbons (Fsp3) is 0.455. The number of benzene rings is 1. The maximum Gasteiger partial charge on any atom is 0.350 e. The SMILES string of the molecule is Cc1ccc(C)c(N2CCN(C(=O)CCCN3C(=O)N=C4C=CSC4C3=O)CC2)c1. The molecule has 3 aliphatic heterocycles.